The molecule has 0 aromatic rings. The molecule has 1 unspecified atom stereocenters. The lowest BCUT2D eigenvalue weighted by molar-refractivity contribution is -0.122. The second kappa shape index (κ2) is 11.9. The largest absolute Gasteiger partial charge is 0.355 e. The van der Waals surface area contributed by atoms with Gasteiger partial charge in [0.25, 0.3) is 0 Å². The molecule has 0 aromatic carbocycles. The molecule has 2 N–H and O–H groups in total. The van der Waals surface area contributed by atoms with Crippen molar-refractivity contribution in [1.29, 1.82) is 0 Å². The Labute approximate surface area is 107 Å². The molecule has 3 nitrogen and oxygen atoms in total. The smallest absolute Gasteiger partial charge is 0.236 e. The zero-order valence-electron chi connectivity index (χ0n) is 11.8. The number of amides is 1. The van der Waals surface area contributed by atoms with Crippen molar-refractivity contribution in [3.05, 3.63) is 0 Å². The Morgan fingerprint density at radius 1 is 1.00 bits per heavy atom. The number of nitrogens with one attached hydrogen (secondary N) is 2. The molecule has 0 heterocycles. The molecule has 0 spiro atoms. The zero-order chi connectivity index (χ0) is 12.9. The van der Waals surface area contributed by atoms with Crippen LogP contribution in [0.4, 0.5) is 0 Å². The molecule has 0 aromatic heterocycles. The van der Waals surface area contributed by atoms with E-state index in [0.29, 0.717) is 0 Å². The molecule has 102 valence electrons. The number of likely N-dealkylation sites (N-methyl/N-ethyl adjacent to an activating group) is 1. The second-order valence-electron chi connectivity index (χ2n) is 4.78. The first-order valence-corrected chi connectivity index (χ1v) is 7.17. The second-order valence-corrected chi connectivity index (χ2v) is 4.78. The molecule has 0 saturated carbocycles. The van der Waals surface area contributed by atoms with E-state index in [9.17, 15) is 4.79 Å². The number of carbonyl (C=O) groups is 1. The third-order valence-corrected chi connectivity index (χ3v) is 3.16. The van der Waals surface area contributed by atoms with Crippen LogP contribution in [0.2, 0.25) is 0 Å². The summed E-state index contributed by atoms with van der Waals surface area (Å²) in [7, 11) is 1.81. The van der Waals surface area contributed by atoms with E-state index in [0.717, 1.165) is 13.0 Å². The molecule has 0 rings (SSSR count). The molecule has 1 amide bonds. The first-order valence-electron chi connectivity index (χ1n) is 7.17. The number of rotatable bonds is 11. The lowest BCUT2D eigenvalue weighted by Crippen LogP contribution is -2.40. The summed E-state index contributed by atoms with van der Waals surface area (Å²) < 4.78 is 0. The molecule has 3 heteroatoms. The minimum absolute atomic E-state index is 0.0796. The molecule has 0 aliphatic carbocycles. The van der Waals surface area contributed by atoms with Crippen LogP contribution in [0.5, 0.6) is 0 Å². The minimum atomic E-state index is -0.0796. The molecule has 17 heavy (non-hydrogen) atoms. The summed E-state index contributed by atoms with van der Waals surface area (Å²) in [6.07, 6.45) is 10.4. The normalized spacial score (nSPS) is 12.4. The van der Waals surface area contributed by atoms with Gasteiger partial charge in [0.1, 0.15) is 0 Å². The van der Waals surface area contributed by atoms with Crippen LogP contribution in [0, 0.1) is 0 Å². The van der Waals surface area contributed by atoms with Crippen molar-refractivity contribution in [2.75, 3.05) is 13.6 Å². The molecule has 0 aliphatic rings. The Kier molecular flexibility index (Phi) is 11.5. The van der Waals surface area contributed by atoms with E-state index < -0.39 is 0 Å². The SMILES string of the molecule is CCCCCCCCCCNC(=O)C(C)NC. The summed E-state index contributed by atoms with van der Waals surface area (Å²) in [6.45, 7) is 4.94. The van der Waals surface area contributed by atoms with Crippen molar-refractivity contribution in [3.63, 3.8) is 0 Å². The van der Waals surface area contributed by atoms with Crippen LogP contribution in [0.15, 0.2) is 0 Å². The standard InChI is InChI=1S/C14H30N2O/c1-4-5-6-7-8-9-10-11-12-16-14(17)13(2)15-3/h13,15H,4-12H2,1-3H3,(H,16,17). The fourth-order valence-corrected chi connectivity index (χ4v) is 1.75. The van der Waals surface area contributed by atoms with Crippen LogP contribution in [0.3, 0.4) is 0 Å². The molecule has 0 radical (unpaired) electrons. The first kappa shape index (κ1) is 16.4. The predicted molar refractivity (Wildman–Crippen MR) is 74.1 cm³/mol. The van der Waals surface area contributed by atoms with Gasteiger partial charge in [0, 0.05) is 6.54 Å². The Morgan fingerprint density at radius 2 is 1.53 bits per heavy atom. The maximum absolute atomic E-state index is 11.4. The van der Waals surface area contributed by atoms with Gasteiger partial charge in [0.05, 0.1) is 6.04 Å². The van der Waals surface area contributed by atoms with Gasteiger partial charge in [0.15, 0.2) is 0 Å². The molecular weight excluding hydrogens is 212 g/mol. The predicted octanol–water partition coefficient (Wildman–Crippen LogP) is 2.85. The van der Waals surface area contributed by atoms with Gasteiger partial charge in [-0.05, 0) is 20.4 Å². The van der Waals surface area contributed by atoms with Gasteiger partial charge in [0.2, 0.25) is 5.91 Å². The van der Waals surface area contributed by atoms with Gasteiger partial charge in [-0.15, -0.1) is 0 Å². The molecule has 0 aliphatic heterocycles. The number of hydrogen-bond acceptors (Lipinski definition) is 2. The molecule has 0 bridgehead atoms. The van der Waals surface area contributed by atoms with Crippen molar-refractivity contribution < 1.29 is 4.79 Å². The topological polar surface area (TPSA) is 41.1 Å². The summed E-state index contributed by atoms with van der Waals surface area (Å²) in [5.74, 6) is 0.107. The van der Waals surface area contributed by atoms with Crippen LogP contribution < -0.4 is 10.6 Å². The van der Waals surface area contributed by atoms with E-state index in [1.165, 1.54) is 44.9 Å². The maximum atomic E-state index is 11.4. The van der Waals surface area contributed by atoms with Gasteiger partial charge in [-0.1, -0.05) is 51.9 Å². The van der Waals surface area contributed by atoms with E-state index >= 15 is 0 Å². The monoisotopic (exact) mass is 242 g/mol. The fraction of sp³-hybridized carbons (Fsp3) is 0.929. The summed E-state index contributed by atoms with van der Waals surface area (Å²) in [4.78, 5) is 11.4. The van der Waals surface area contributed by atoms with Crippen molar-refractivity contribution >= 4 is 5.91 Å². The quantitative estimate of drug-likeness (QED) is 0.547. The van der Waals surface area contributed by atoms with E-state index in [1.807, 2.05) is 6.92 Å². The average Bonchev–Trinajstić information content (AvgIpc) is 2.35. The summed E-state index contributed by atoms with van der Waals surface area (Å²) in [6, 6.07) is -0.0796. The Hall–Kier alpha value is -0.570. The van der Waals surface area contributed by atoms with Gasteiger partial charge in [-0.2, -0.15) is 0 Å². The average molecular weight is 242 g/mol. The number of unbranched alkanes of at least 4 members (excludes halogenated alkanes) is 7. The fourth-order valence-electron chi connectivity index (χ4n) is 1.75. The molecule has 1 atom stereocenters. The van der Waals surface area contributed by atoms with Crippen molar-refractivity contribution in [3.8, 4) is 0 Å². The van der Waals surface area contributed by atoms with Crippen molar-refractivity contribution in [1.82, 2.24) is 10.6 Å². The van der Waals surface area contributed by atoms with Crippen LogP contribution >= 0.6 is 0 Å². The van der Waals surface area contributed by atoms with Gasteiger partial charge >= 0.3 is 0 Å². The van der Waals surface area contributed by atoms with Crippen LogP contribution in [-0.4, -0.2) is 25.5 Å². The van der Waals surface area contributed by atoms with Crippen LogP contribution in [0.25, 0.3) is 0 Å². The highest BCUT2D eigenvalue weighted by Gasteiger charge is 2.07. The third-order valence-electron chi connectivity index (χ3n) is 3.16. The number of carbonyl (C=O) groups excluding carboxylic acids is 1. The summed E-state index contributed by atoms with van der Waals surface area (Å²) in [5, 5.41) is 5.88. The van der Waals surface area contributed by atoms with Gasteiger partial charge in [-0.25, -0.2) is 0 Å². The van der Waals surface area contributed by atoms with E-state index in [2.05, 4.69) is 17.6 Å². The number of hydrogen-bond donors (Lipinski definition) is 2. The van der Waals surface area contributed by atoms with E-state index in [1.54, 1.807) is 7.05 Å². The highest BCUT2D eigenvalue weighted by atomic mass is 16.2. The Balaban J connectivity index is 3.16. The van der Waals surface area contributed by atoms with Gasteiger partial charge < -0.3 is 10.6 Å². The molecule has 0 saturated heterocycles. The first-order chi connectivity index (χ1) is 8.22. The van der Waals surface area contributed by atoms with Gasteiger partial charge in [-0.3, -0.25) is 4.79 Å². The molecule has 0 fully saturated rings. The van der Waals surface area contributed by atoms with Crippen molar-refractivity contribution in [2.45, 2.75) is 71.3 Å². The Bertz CT molecular complexity index is 183. The van der Waals surface area contributed by atoms with Crippen LogP contribution in [-0.2, 0) is 4.79 Å². The van der Waals surface area contributed by atoms with E-state index in [4.69, 9.17) is 0 Å². The lowest BCUT2D eigenvalue weighted by Gasteiger charge is -2.10. The summed E-state index contributed by atoms with van der Waals surface area (Å²) >= 11 is 0. The lowest BCUT2D eigenvalue weighted by atomic mass is 10.1. The minimum Gasteiger partial charge on any atom is -0.355 e. The van der Waals surface area contributed by atoms with E-state index in [-0.39, 0.29) is 11.9 Å². The Morgan fingerprint density at radius 3 is 2.06 bits per heavy atom. The zero-order valence-corrected chi connectivity index (χ0v) is 11.8. The third kappa shape index (κ3) is 10.3. The molecular formula is C14H30N2O. The highest BCUT2D eigenvalue weighted by Crippen LogP contribution is 2.07. The van der Waals surface area contributed by atoms with Crippen molar-refractivity contribution in [2.24, 2.45) is 0 Å². The van der Waals surface area contributed by atoms with Crippen LogP contribution in [0.1, 0.15) is 65.2 Å². The maximum Gasteiger partial charge on any atom is 0.236 e. The highest BCUT2D eigenvalue weighted by molar-refractivity contribution is 5.81. The summed E-state index contributed by atoms with van der Waals surface area (Å²) in [5.41, 5.74) is 0.